The zero-order valence-corrected chi connectivity index (χ0v) is 11.9. The summed E-state index contributed by atoms with van der Waals surface area (Å²) in [5.74, 6) is 0.745. The molecule has 2 rings (SSSR count). The second-order valence-corrected chi connectivity index (χ2v) is 5.53. The van der Waals surface area contributed by atoms with Crippen LogP contribution in [0.2, 0.25) is 0 Å². The molecule has 0 bridgehead atoms. The molecule has 1 saturated heterocycles. The summed E-state index contributed by atoms with van der Waals surface area (Å²) in [6.45, 7) is 10.3. The van der Waals surface area contributed by atoms with Gasteiger partial charge in [-0.1, -0.05) is 38.5 Å². The summed E-state index contributed by atoms with van der Waals surface area (Å²) in [6.07, 6.45) is 2.49. The zero-order chi connectivity index (χ0) is 13.0. The van der Waals surface area contributed by atoms with E-state index in [0.29, 0.717) is 6.04 Å². The third-order valence-corrected chi connectivity index (χ3v) is 4.22. The van der Waals surface area contributed by atoms with Gasteiger partial charge in [-0.25, -0.2) is 0 Å². The Balaban J connectivity index is 2.14. The summed E-state index contributed by atoms with van der Waals surface area (Å²) < 4.78 is 0. The molecule has 2 atom stereocenters. The van der Waals surface area contributed by atoms with Crippen molar-refractivity contribution in [2.24, 2.45) is 5.92 Å². The first-order chi connectivity index (χ1) is 8.72. The molecule has 1 heterocycles. The summed E-state index contributed by atoms with van der Waals surface area (Å²) in [4.78, 5) is 2.56. The van der Waals surface area contributed by atoms with Crippen LogP contribution in [0.25, 0.3) is 0 Å². The summed E-state index contributed by atoms with van der Waals surface area (Å²) in [6, 6.07) is 9.37. The Kier molecular flexibility index (Phi) is 4.65. The van der Waals surface area contributed by atoms with Crippen molar-refractivity contribution in [3.05, 3.63) is 29.8 Å². The minimum atomic E-state index is 0.622. The van der Waals surface area contributed by atoms with Crippen molar-refractivity contribution in [1.29, 1.82) is 0 Å². The zero-order valence-electron chi connectivity index (χ0n) is 11.9. The molecular formula is C16H26N2. The van der Waals surface area contributed by atoms with Gasteiger partial charge in [-0.3, -0.25) is 0 Å². The highest BCUT2D eigenvalue weighted by molar-refractivity contribution is 5.53. The van der Waals surface area contributed by atoms with Crippen molar-refractivity contribution in [2.45, 2.75) is 39.7 Å². The van der Waals surface area contributed by atoms with Crippen LogP contribution in [-0.4, -0.2) is 25.7 Å². The number of benzene rings is 1. The fourth-order valence-electron chi connectivity index (χ4n) is 2.75. The molecule has 0 spiro atoms. The van der Waals surface area contributed by atoms with E-state index in [2.05, 4.69) is 55.3 Å². The van der Waals surface area contributed by atoms with Crippen molar-refractivity contribution < 1.29 is 0 Å². The predicted octanol–water partition coefficient (Wildman–Crippen LogP) is 3.21. The minimum Gasteiger partial charge on any atom is -0.370 e. The topological polar surface area (TPSA) is 15.3 Å². The maximum absolute atomic E-state index is 3.71. The van der Waals surface area contributed by atoms with Gasteiger partial charge in [0.05, 0.1) is 0 Å². The van der Waals surface area contributed by atoms with Crippen LogP contribution >= 0.6 is 0 Å². The number of hydrogen-bond acceptors (Lipinski definition) is 2. The first-order valence-corrected chi connectivity index (χ1v) is 7.26. The molecule has 0 saturated carbocycles. The highest BCUT2D eigenvalue weighted by Gasteiger charge is 2.22. The number of anilines is 1. The van der Waals surface area contributed by atoms with Gasteiger partial charge >= 0.3 is 0 Å². The van der Waals surface area contributed by atoms with Crippen molar-refractivity contribution in [2.75, 3.05) is 24.5 Å². The lowest BCUT2D eigenvalue weighted by Crippen LogP contribution is -2.42. The van der Waals surface area contributed by atoms with Gasteiger partial charge in [0, 0.05) is 24.8 Å². The van der Waals surface area contributed by atoms with Gasteiger partial charge in [-0.2, -0.15) is 0 Å². The lowest BCUT2D eigenvalue weighted by Gasteiger charge is -2.30. The van der Waals surface area contributed by atoms with E-state index >= 15 is 0 Å². The molecule has 1 aliphatic heterocycles. The number of aryl methyl sites for hydroxylation is 1. The van der Waals surface area contributed by atoms with Gasteiger partial charge in [0.15, 0.2) is 0 Å². The Hall–Kier alpha value is -1.02. The van der Waals surface area contributed by atoms with E-state index in [9.17, 15) is 0 Å². The molecule has 100 valence electrons. The lowest BCUT2D eigenvalue weighted by atomic mass is 9.98. The van der Waals surface area contributed by atoms with E-state index < -0.39 is 0 Å². The van der Waals surface area contributed by atoms with Gasteiger partial charge in [0.1, 0.15) is 0 Å². The number of nitrogens with zero attached hydrogens (tertiary/aromatic N) is 1. The molecule has 0 amide bonds. The summed E-state index contributed by atoms with van der Waals surface area (Å²) in [7, 11) is 0. The van der Waals surface area contributed by atoms with Crippen LogP contribution in [0.5, 0.6) is 0 Å². The van der Waals surface area contributed by atoms with Crippen molar-refractivity contribution in [3.63, 3.8) is 0 Å². The van der Waals surface area contributed by atoms with E-state index in [-0.39, 0.29) is 0 Å². The maximum atomic E-state index is 3.71. The van der Waals surface area contributed by atoms with Gasteiger partial charge in [0.2, 0.25) is 0 Å². The quantitative estimate of drug-likeness (QED) is 0.881. The Morgan fingerprint density at radius 2 is 2.17 bits per heavy atom. The monoisotopic (exact) mass is 246 g/mol. The van der Waals surface area contributed by atoms with E-state index in [1.165, 1.54) is 30.6 Å². The second kappa shape index (κ2) is 6.24. The van der Waals surface area contributed by atoms with E-state index in [1.54, 1.807) is 0 Å². The van der Waals surface area contributed by atoms with Crippen molar-refractivity contribution >= 4 is 5.69 Å². The summed E-state index contributed by atoms with van der Waals surface area (Å²) >= 11 is 0. The van der Waals surface area contributed by atoms with Crippen LogP contribution in [-0.2, 0) is 0 Å². The van der Waals surface area contributed by atoms with Crippen LogP contribution in [0.1, 0.15) is 32.3 Å². The van der Waals surface area contributed by atoms with E-state index in [0.717, 1.165) is 19.0 Å². The molecule has 2 heteroatoms. The largest absolute Gasteiger partial charge is 0.370 e. The van der Waals surface area contributed by atoms with E-state index in [4.69, 9.17) is 0 Å². The smallest absolute Gasteiger partial charge is 0.0396 e. The maximum Gasteiger partial charge on any atom is 0.0396 e. The van der Waals surface area contributed by atoms with Crippen LogP contribution < -0.4 is 10.2 Å². The van der Waals surface area contributed by atoms with Crippen LogP contribution in [0.4, 0.5) is 5.69 Å². The Morgan fingerprint density at radius 1 is 1.39 bits per heavy atom. The molecule has 0 aliphatic carbocycles. The predicted molar refractivity (Wildman–Crippen MR) is 79.3 cm³/mol. The highest BCUT2D eigenvalue weighted by Crippen LogP contribution is 2.22. The van der Waals surface area contributed by atoms with Gasteiger partial charge in [-0.15, -0.1) is 0 Å². The Labute approximate surface area is 111 Å². The number of rotatable bonds is 3. The third kappa shape index (κ3) is 3.05. The molecule has 2 unspecified atom stereocenters. The van der Waals surface area contributed by atoms with Crippen molar-refractivity contribution in [1.82, 2.24) is 5.32 Å². The van der Waals surface area contributed by atoms with Crippen LogP contribution in [0.3, 0.4) is 0 Å². The Bertz CT molecular complexity index is 375. The van der Waals surface area contributed by atoms with Gasteiger partial charge in [0.25, 0.3) is 0 Å². The first kappa shape index (κ1) is 13.4. The molecule has 0 radical (unpaired) electrons. The number of para-hydroxylation sites is 1. The first-order valence-electron chi connectivity index (χ1n) is 7.26. The average molecular weight is 246 g/mol. The summed E-state index contributed by atoms with van der Waals surface area (Å²) in [5, 5.41) is 3.71. The number of hydrogen-bond donors (Lipinski definition) is 1. The fourth-order valence-corrected chi connectivity index (χ4v) is 2.75. The molecule has 1 aliphatic rings. The fraction of sp³-hybridized carbons (Fsp3) is 0.625. The third-order valence-electron chi connectivity index (χ3n) is 4.22. The van der Waals surface area contributed by atoms with Crippen LogP contribution in [0, 0.1) is 12.8 Å². The molecule has 2 nitrogen and oxygen atoms in total. The average Bonchev–Trinajstić information content (AvgIpc) is 2.64. The SMILES string of the molecule is CCC(C)C1CN(c2ccccc2C)CCCN1. The number of nitrogens with one attached hydrogen (secondary N) is 1. The van der Waals surface area contributed by atoms with E-state index in [1.807, 2.05) is 0 Å². The standard InChI is InChI=1S/C16H26N2/c1-4-13(2)15-12-18(11-7-10-17-15)16-9-6-5-8-14(16)3/h5-6,8-9,13,15,17H,4,7,10-12H2,1-3H3. The normalized spacial score (nSPS) is 22.6. The van der Waals surface area contributed by atoms with Gasteiger partial charge < -0.3 is 10.2 Å². The lowest BCUT2D eigenvalue weighted by molar-refractivity contribution is 0.384. The molecule has 0 aromatic heterocycles. The molecule has 1 fully saturated rings. The molecule has 1 aromatic rings. The molecule has 18 heavy (non-hydrogen) atoms. The molecular weight excluding hydrogens is 220 g/mol. The Morgan fingerprint density at radius 3 is 2.89 bits per heavy atom. The molecule has 1 aromatic carbocycles. The van der Waals surface area contributed by atoms with Gasteiger partial charge in [-0.05, 0) is 37.4 Å². The summed E-state index contributed by atoms with van der Waals surface area (Å²) in [5.41, 5.74) is 2.80. The van der Waals surface area contributed by atoms with Crippen LogP contribution in [0.15, 0.2) is 24.3 Å². The highest BCUT2D eigenvalue weighted by atomic mass is 15.2. The molecule has 1 N–H and O–H groups in total. The minimum absolute atomic E-state index is 0.622. The van der Waals surface area contributed by atoms with Crippen molar-refractivity contribution in [3.8, 4) is 0 Å². The second-order valence-electron chi connectivity index (χ2n) is 5.53.